The number of allylic oxidation sites excluding steroid dienone is 2. The fraction of sp³-hybridized carbons (Fsp3) is 0.191. The fourth-order valence-corrected chi connectivity index (χ4v) is 9.83. The number of hydrogen-bond donors (Lipinski definition) is 0. The highest BCUT2D eigenvalue weighted by molar-refractivity contribution is 5.97. The van der Waals surface area contributed by atoms with Crippen LogP contribution in [0, 0.1) is 5.92 Å². The molecule has 0 amide bonds. The van der Waals surface area contributed by atoms with Crippen molar-refractivity contribution in [1.29, 1.82) is 0 Å². The second-order valence-electron chi connectivity index (χ2n) is 14.9. The van der Waals surface area contributed by atoms with E-state index in [0.717, 1.165) is 5.92 Å². The standard InChI is InChI=1S/C47H39N/c1-46(2)40-15-8-6-13-37(40)38-26-25-36(30-43(38)46)48(35-23-20-33(21-24-35)32-11-4-3-5-12-32)44-18-10-17-42-45(44)39-14-7-9-16-41(39)47(42)28-27-31-19-22-34(47)29-31/h3-18,20-26,30-31H,19,27-29H2,1-2H3. The molecule has 2 atom stereocenters. The van der Waals surface area contributed by atoms with Gasteiger partial charge in [0, 0.05) is 27.8 Å². The lowest BCUT2D eigenvalue weighted by Crippen LogP contribution is -2.31. The second kappa shape index (κ2) is 10.2. The van der Waals surface area contributed by atoms with E-state index in [1.165, 1.54) is 98.4 Å². The minimum atomic E-state index is -0.0757. The molecule has 6 aromatic rings. The van der Waals surface area contributed by atoms with E-state index in [1.807, 2.05) is 0 Å². The Bertz CT molecular complexity index is 2270. The number of nitrogens with zero attached hydrogens (tertiary/aromatic N) is 1. The van der Waals surface area contributed by atoms with Crippen LogP contribution in [0.4, 0.5) is 17.1 Å². The summed E-state index contributed by atoms with van der Waals surface area (Å²) in [4.78, 5) is 2.54. The van der Waals surface area contributed by atoms with Gasteiger partial charge in [0.15, 0.2) is 0 Å². The number of rotatable bonds is 4. The maximum atomic E-state index is 2.59. The molecule has 1 nitrogen and oxygen atoms in total. The van der Waals surface area contributed by atoms with Crippen molar-refractivity contribution in [2.45, 2.75) is 50.4 Å². The Hall–Kier alpha value is -5.14. The predicted octanol–water partition coefficient (Wildman–Crippen LogP) is 12.5. The molecule has 2 unspecified atom stereocenters. The summed E-state index contributed by atoms with van der Waals surface area (Å²) in [7, 11) is 0. The number of benzene rings is 6. The molecule has 0 aliphatic heterocycles. The Morgan fingerprint density at radius 3 is 2.06 bits per heavy atom. The summed E-state index contributed by atoms with van der Waals surface area (Å²) < 4.78 is 0. The summed E-state index contributed by atoms with van der Waals surface area (Å²) in [6.07, 6.45) is 7.57. The summed E-state index contributed by atoms with van der Waals surface area (Å²) >= 11 is 0. The highest BCUT2D eigenvalue weighted by Gasteiger charge is 2.50. The molecule has 6 aromatic carbocycles. The zero-order valence-corrected chi connectivity index (χ0v) is 27.7. The Balaban J connectivity index is 1.20. The molecule has 48 heavy (non-hydrogen) atoms. The lowest BCUT2D eigenvalue weighted by Gasteiger charge is -2.39. The van der Waals surface area contributed by atoms with E-state index in [1.54, 1.807) is 5.57 Å². The number of fused-ring (bicyclic) bond motifs is 11. The van der Waals surface area contributed by atoms with Crippen molar-refractivity contribution in [3.63, 3.8) is 0 Å². The van der Waals surface area contributed by atoms with Crippen LogP contribution in [0.3, 0.4) is 0 Å². The maximum absolute atomic E-state index is 2.59. The van der Waals surface area contributed by atoms with Gasteiger partial charge in [0.25, 0.3) is 0 Å². The van der Waals surface area contributed by atoms with Gasteiger partial charge in [0.2, 0.25) is 0 Å². The van der Waals surface area contributed by atoms with Gasteiger partial charge in [-0.05, 0) is 112 Å². The van der Waals surface area contributed by atoms with E-state index in [-0.39, 0.29) is 10.8 Å². The van der Waals surface area contributed by atoms with E-state index in [0.29, 0.717) is 0 Å². The topological polar surface area (TPSA) is 3.24 Å². The van der Waals surface area contributed by atoms with Crippen LogP contribution < -0.4 is 4.90 Å². The molecular formula is C47H39N. The molecular weight excluding hydrogens is 579 g/mol. The molecule has 1 saturated carbocycles. The minimum Gasteiger partial charge on any atom is -0.310 e. The van der Waals surface area contributed by atoms with Gasteiger partial charge in [0.05, 0.1) is 5.69 Å². The van der Waals surface area contributed by atoms with Crippen molar-refractivity contribution >= 4 is 17.1 Å². The highest BCUT2D eigenvalue weighted by atomic mass is 15.1. The van der Waals surface area contributed by atoms with Crippen LogP contribution in [0.5, 0.6) is 0 Å². The van der Waals surface area contributed by atoms with Crippen molar-refractivity contribution in [3.8, 4) is 33.4 Å². The Kier molecular flexibility index (Phi) is 5.92. The van der Waals surface area contributed by atoms with Gasteiger partial charge in [-0.2, -0.15) is 0 Å². The normalized spacial score (nSPS) is 20.5. The third-order valence-corrected chi connectivity index (χ3v) is 12.1. The van der Waals surface area contributed by atoms with Crippen LogP contribution in [0.25, 0.3) is 33.4 Å². The van der Waals surface area contributed by atoms with Crippen LogP contribution in [0.2, 0.25) is 0 Å². The fourth-order valence-electron chi connectivity index (χ4n) is 9.83. The van der Waals surface area contributed by atoms with Crippen molar-refractivity contribution in [2.75, 3.05) is 4.90 Å². The summed E-state index contributed by atoms with van der Waals surface area (Å²) in [5, 5.41) is 0. The van der Waals surface area contributed by atoms with Crippen LogP contribution in [0.1, 0.15) is 61.8 Å². The Morgan fingerprint density at radius 1 is 0.562 bits per heavy atom. The van der Waals surface area contributed by atoms with Crippen molar-refractivity contribution < 1.29 is 0 Å². The van der Waals surface area contributed by atoms with Gasteiger partial charge in [-0.1, -0.05) is 135 Å². The smallest absolute Gasteiger partial charge is 0.0543 e. The van der Waals surface area contributed by atoms with Crippen molar-refractivity contribution in [2.24, 2.45) is 5.92 Å². The van der Waals surface area contributed by atoms with Crippen molar-refractivity contribution in [1.82, 2.24) is 0 Å². The van der Waals surface area contributed by atoms with Gasteiger partial charge in [-0.15, -0.1) is 0 Å². The van der Waals surface area contributed by atoms with Gasteiger partial charge in [0.1, 0.15) is 0 Å². The van der Waals surface area contributed by atoms with Gasteiger partial charge >= 0.3 is 0 Å². The Labute approximate surface area is 284 Å². The first kappa shape index (κ1) is 27.9. The average molecular weight is 618 g/mol. The van der Waals surface area contributed by atoms with Crippen LogP contribution in [0.15, 0.2) is 151 Å². The molecule has 2 bridgehead atoms. The summed E-state index contributed by atoms with van der Waals surface area (Å²) in [5.41, 5.74) is 19.0. The summed E-state index contributed by atoms with van der Waals surface area (Å²) in [6, 6.07) is 52.5. The summed E-state index contributed by atoms with van der Waals surface area (Å²) in [6.45, 7) is 4.76. The molecule has 0 aromatic heterocycles. The van der Waals surface area contributed by atoms with E-state index in [4.69, 9.17) is 0 Å². The Morgan fingerprint density at radius 2 is 1.23 bits per heavy atom. The number of hydrogen-bond acceptors (Lipinski definition) is 1. The van der Waals surface area contributed by atoms with Crippen molar-refractivity contribution in [3.05, 3.63) is 173 Å². The molecule has 4 aliphatic rings. The van der Waals surface area contributed by atoms with Crippen LogP contribution in [-0.4, -0.2) is 0 Å². The van der Waals surface area contributed by atoms with E-state index in [2.05, 4.69) is 164 Å². The first-order chi connectivity index (χ1) is 23.5. The van der Waals surface area contributed by atoms with Gasteiger partial charge in [-0.3, -0.25) is 0 Å². The van der Waals surface area contributed by atoms with E-state index >= 15 is 0 Å². The largest absolute Gasteiger partial charge is 0.310 e. The first-order valence-electron chi connectivity index (χ1n) is 17.7. The SMILES string of the molecule is CC1(C)c2ccccc2-c2ccc(N(c3ccc(-c4ccccc4)cc3)c3cccc4c3-c3ccccc3C43CCC4CC=C3C4)cc21. The average Bonchev–Trinajstić information content (AvgIpc) is 3.74. The zero-order valence-electron chi connectivity index (χ0n) is 27.7. The molecule has 10 rings (SSSR count). The molecule has 1 spiro atoms. The van der Waals surface area contributed by atoms with Gasteiger partial charge in [-0.25, -0.2) is 0 Å². The second-order valence-corrected chi connectivity index (χ2v) is 14.9. The molecule has 1 heteroatoms. The highest BCUT2D eigenvalue weighted by Crippen LogP contribution is 2.63. The minimum absolute atomic E-state index is 0.0145. The van der Waals surface area contributed by atoms with Crippen LogP contribution >= 0.6 is 0 Å². The van der Waals surface area contributed by atoms with Gasteiger partial charge < -0.3 is 4.90 Å². The third-order valence-electron chi connectivity index (χ3n) is 12.1. The quantitative estimate of drug-likeness (QED) is 0.178. The number of anilines is 3. The van der Waals surface area contributed by atoms with E-state index in [9.17, 15) is 0 Å². The van der Waals surface area contributed by atoms with Crippen LogP contribution in [-0.2, 0) is 10.8 Å². The first-order valence-corrected chi connectivity index (χ1v) is 17.7. The lowest BCUT2D eigenvalue weighted by molar-refractivity contribution is 0.376. The zero-order chi connectivity index (χ0) is 32.0. The molecule has 0 saturated heterocycles. The molecule has 1 fully saturated rings. The third kappa shape index (κ3) is 3.79. The monoisotopic (exact) mass is 617 g/mol. The molecule has 0 radical (unpaired) electrons. The summed E-state index contributed by atoms with van der Waals surface area (Å²) in [5.74, 6) is 0.823. The molecule has 0 heterocycles. The molecule has 4 aliphatic carbocycles. The predicted molar refractivity (Wildman–Crippen MR) is 200 cm³/mol. The molecule has 232 valence electrons. The van der Waals surface area contributed by atoms with E-state index < -0.39 is 0 Å². The molecule has 0 N–H and O–H groups in total. The lowest BCUT2D eigenvalue weighted by atomic mass is 9.64. The maximum Gasteiger partial charge on any atom is 0.0543 e.